The number of nitrogens with zero attached hydrogens (tertiary/aromatic N) is 2. The van der Waals surface area contributed by atoms with Crippen molar-refractivity contribution in [3.05, 3.63) is 121 Å². The van der Waals surface area contributed by atoms with Gasteiger partial charge in [0, 0.05) is 82.9 Å². The van der Waals surface area contributed by atoms with E-state index in [0.717, 1.165) is 88.6 Å². The van der Waals surface area contributed by atoms with Gasteiger partial charge in [0.1, 0.15) is 0 Å². The van der Waals surface area contributed by atoms with Gasteiger partial charge in [-0.1, -0.05) is 97.1 Å². The zero-order valence-corrected chi connectivity index (χ0v) is 22.9. The second kappa shape index (κ2) is 9.03. The van der Waals surface area contributed by atoms with Gasteiger partial charge >= 0.3 is 0 Å². The van der Waals surface area contributed by atoms with E-state index in [0.29, 0.717) is 0 Å². The van der Waals surface area contributed by atoms with Crippen LogP contribution < -0.4 is 0 Å². The van der Waals surface area contributed by atoms with Crippen molar-refractivity contribution >= 4 is 43.6 Å². The molecule has 0 saturated carbocycles. The van der Waals surface area contributed by atoms with E-state index in [4.69, 9.17) is 9.97 Å². The van der Waals surface area contributed by atoms with Crippen LogP contribution in [0, 0.1) is 0 Å². The molecule has 0 fully saturated rings. The maximum atomic E-state index is 5.17. The largest absolute Gasteiger partial charge is 0.354 e. The van der Waals surface area contributed by atoms with Crippen LogP contribution in [-0.2, 0) is 17.1 Å². The topological polar surface area (TPSA) is 57.4 Å². The van der Waals surface area contributed by atoms with Gasteiger partial charge in [-0.15, -0.1) is 0 Å². The van der Waals surface area contributed by atoms with Crippen LogP contribution in [0.15, 0.2) is 121 Å². The molecule has 8 bridgehead atoms. The van der Waals surface area contributed by atoms with Gasteiger partial charge in [0.25, 0.3) is 0 Å². The van der Waals surface area contributed by atoms with Gasteiger partial charge in [0.15, 0.2) is 0 Å². The Labute approximate surface area is 246 Å². The van der Waals surface area contributed by atoms with E-state index in [9.17, 15) is 0 Å². The number of H-pyrrole nitrogens is 2. The number of benzene rings is 4. The third kappa shape index (κ3) is 3.60. The van der Waals surface area contributed by atoms with Crippen LogP contribution in [-0.4, -0.2) is 19.9 Å². The fraction of sp³-hybridized carbons (Fsp3) is 0. The second-order valence-corrected chi connectivity index (χ2v) is 10.4. The van der Waals surface area contributed by atoms with Gasteiger partial charge in [0.2, 0.25) is 0 Å². The van der Waals surface area contributed by atoms with E-state index in [2.05, 4.69) is 131 Å². The van der Waals surface area contributed by atoms with E-state index in [1.165, 1.54) is 0 Å². The van der Waals surface area contributed by atoms with Gasteiger partial charge in [-0.3, -0.25) is 0 Å². The van der Waals surface area contributed by atoms with Crippen LogP contribution in [0.2, 0.25) is 0 Å². The summed E-state index contributed by atoms with van der Waals surface area (Å²) in [7, 11) is 0. The van der Waals surface area contributed by atoms with Crippen LogP contribution in [0.3, 0.4) is 0 Å². The summed E-state index contributed by atoms with van der Waals surface area (Å²) in [6.07, 6.45) is 0. The molecule has 41 heavy (non-hydrogen) atoms. The molecule has 4 aromatic carbocycles. The Balaban J connectivity index is 0.00000256. The molecule has 2 aliphatic rings. The van der Waals surface area contributed by atoms with Crippen LogP contribution in [0.5, 0.6) is 0 Å². The Morgan fingerprint density at radius 3 is 0.854 bits per heavy atom. The molecule has 0 spiro atoms. The molecule has 0 radical (unpaired) electrons. The summed E-state index contributed by atoms with van der Waals surface area (Å²) in [5, 5.41) is 4.66. The molecule has 0 saturated heterocycles. The quantitative estimate of drug-likeness (QED) is 0.180. The predicted octanol–water partition coefficient (Wildman–Crippen LogP) is 9.29. The minimum Gasteiger partial charge on any atom is -0.354 e. The average Bonchev–Trinajstić information content (AvgIpc) is 3.73. The van der Waals surface area contributed by atoms with E-state index >= 15 is 0 Å². The standard InChI is InChI=1S/C36H22N4.Fe/c1-2-10-22-21(9-1)29-17-31-23-11-3-4-12-24(23)33(38-31)19-35-27-15-7-8-16-28(27)36(40-35)20-34-26-14-6-5-13-25(26)32(39-34)18-30(22)37-29;/h1-20,37,40H;. The van der Waals surface area contributed by atoms with E-state index < -0.39 is 0 Å². The molecule has 5 heterocycles. The van der Waals surface area contributed by atoms with Crippen molar-refractivity contribution in [1.82, 2.24) is 19.9 Å². The van der Waals surface area contributed by atoms with E-state index in [-0.39, 0.29) is 17.1 Å². The van der Waals surface area contributed by atoms with Crippen LogP contribution in [0.25, 0.3) is 88.6 Å². The van der Waals surface area contributed by atoms with Crippen molar-refractivity contribution in [2.45, 2.75) is 0 Å². The fourth-order valence-electron chi connectivity index (χ4n) is 6.27. The van der Waals surface area contributed by atoms with Gasteiger partial charge in [0.05, 0.1) is 22.8 Å². The summed E-state index contributed by atoms with van der Waals surface area (Å²) in [4.78, 5) is 17.8. The molecule has 5 heteroatoms. The number of aromatic nitrogens is 4. The Morgan fingerprint density at radius 2 is 0.585 bits per heavy atom. The number of fused-ring (bicyclic) bond motifs is 20. The first-order valence-electron chi connectivity index (χ1n) is 13.5. The minimum atomic E-state index is 0. The van der Waals surface area contributed by atoms with Gasteiger partial charge in [-0.2, -0.15) is 0 Å². The number of nitrogens with one attached hydrogen (secondary N) is 2. The number of aromatic amines is 2. The fourth-order valence-corrected chi connectivity index (χ4v) is 6.27. The Morgan fingerprint density at radius 1 is 0.341 bits per heavy atom. The third-order valence-electron chi connectivity index (χ3n) is 8.12. The molecule has 7 aromatic rings. The summed E-state index contributed by atoms with van der Waals surface area (Å²) in [6.45, 7) is 0. The Kier molecular flexibility index (Phi) is 5.26. The van der Waals surface area contributed by atoms with Crippen LogP contribution in [0.4, 0.5) is 0 Å². The maximum absolute atomic E-state index is 5.17. The van der Waals surface area contributed by atoms with E-state index in [1.807, 2.05) is 0 Å². The summed E-state index contributed by atoms with van der Waals surface area (Å²) in [6, 6.07) is 42.7. The SMILES string of the molecule is [Fe].c1ccc2c(c1)-c1cc3[nH]c(cc4nc(cc5[nH]c(cc-2n1)c1ccccc51)-c1ccccc1-4)c1ccccc31. The average molecular weight is 566 g/mol. The van der Waals surface area contributed by atoms with Gasteiger partial charge in [-0.05, 0) is 24.3 Å². The van der Waals surface area contributed by atoms with E-state index in [1.54, 1.807) is 0 Å². The minimum absolute atomic E-state index is 0. The van der Waals surface area contributed by atoms with Crippen LogP contribution >= 0.6 is 0 Å². The first-order chi connectivity index (χ1) is 19.8. The zero-order chi connectivity index (χ0) is 26.2. The molecule has 4 nitrogen and oxygen atoms in total. The number of hydrogen-bond acceptors (Lipinski definition) is 2. The summed E-state index contributed by atoms with van der Waals surface area (Å²) in [5.41, 5.74) is 12.5. The Hall–Kier alpha value is -4.96. The monoisotopic (exact) mass is 566 g/mol. The molecule has 3 aromatic heterocycles. The summed E-state index contributed by atoms with van der Waals surface area (Å²) < 4.78 is 0. The molecule has 0 unspecified atom stereocenters. The predicted molar refractivity (Wildman–Crippen MR) is 165 cm³/mol. The number of hydrogen-bond donors (Lipinski definition) is 2. The number of rotatable bonds is 0. The summed E-state index contributed by atoms with van der Waals surface area (Å²) >= 11 is 0. The van der Waals surface area contributed by atoms with Crippen molar-refractivity contribution in [1.29, 1.82) is 0 Å². The second-order valence-electron chi connectivity index (χ2n) is 10.4. The molecule has 2 aliphatic heterocycles. The van der Waals surface area contributed by atoms with Crippen molar-refractivity contribution < 1.29 is 17.1 Å². The first kappa shape index (κ1) is 23.9. The molecule has 9 rings (SSSR count). The smallest absolute Gasteiger partial charge is 0.0737 e. The van der Waals surface area contributed by atoms with Crippen molar-refractivity contribution in [3.63, 3.8) is 0 Å². The molecule has 0 amide bonds. The molecule has 0 atom stereocenters. The van der Waals surface area contributed by atoms with Gasteiger partial charge in [-0.25, -0.2) is 9.97 Å². The first-order valence-corrected chi connectivity index (χ1v) is 13.5. The summed E-state index contributed by atoms with van der Waals surface area (Å²) in [5.74, 6) is 0. The third-order valence-corrected chi connectivity index (χ3v) is 8.12. The van der Waals surface area contributed by atoms with Gasteiger partial charge < -0.3 is 9.97 Å². The Bertz CT molecular complexity index is 2020. The maximum Gasteiger partial charge on any atom is 0.0737 e. The molecular weight excluding hydrogens is 544 g/mol. The molecule has 194 valence electrons. The molecule has 2 N–H and O–H groups in total. The molecule has 0 aliphatic carbocycles. The molecular formula is C36H22FeN4. The van der Waals surface area contributed by atoms with Crippen molar-refractivity contribution in [2.75, 3.05) is 0 Å². The van der Waals surface area contributed by atoms with Crippen molar-refractivity contribution in [3.8, 4) is 45.0 Å². The zero-order valence-electron chi connectivity index (χ0n) is 21.8. The van der Waals surface area contributed by atoms with Crippen molar-refractivity contribution in [2.24, 2.45) is 0 Å². The normalized spacial score (nSPS) is 11.7. The van der Waals surface area contributed by atoms with Crippen LogP contribution in [0.1, 0.15) is 0 Å².